The molecule has 6 heteroatoms. The topological polar surface area (TPSA) is 67.2 Å². The summed E-state index contributed by atoms with van der Waals surface area (Å²) >= 11 is 0. The van der Waals surface area contributed by atoms with Crippen LogP contribution in [0.4, 0.5) is 5.82 Å². The number of aryl methyl sites for hydroxylation is 2. The summed E-state index contributed by atoms with van der Waals surface area (Å²) in [5.41, 5.74) is 4.62. The van der Waals surface area contributed by atoms with Gasteiger partial charge in [-0.25, -0.2) is 4.68 Å². The van der Waals surface area contributed by atoms with Crippen molar-refractivity contribution < 1.29 is 9.59 Å². The normalized spacial score (nSPS) is 11.0. The van der Waals surface area contributed by atoms with Crippen molar-refractivity contribution in [2.24, 2.45) is 0 Å². The lowest BCUT2D eigenvalue weighted by molar-refractivity contribution is -0.136. The summed E-state index contributed by atoms with van der Waals surface area (Å²) in [6.45, 7) is 9.91. The zero-order chi connectivity index (χ0) is 24.0. The van der Waals surface area contributed by atoms with Crippen molar-refractivity contribution in [2.45, 2.75) is 59.9 Å². The number of hydrogen-bond donors (Lipinski definition) is 1. The van der Waals surface area contributed by atoms with Crippen LogP contribution in [0.3, 0.4) is 0 Å². The van der Waals surface area contributed by atoms with E-state index >= 15 is 0 Å². The molecule has 0 atom stereocenters. The molecule has 0 fully saturated rings. The van der Waals surface area contributed by atoms with Crippen LogP contribution in [0, 0.1) is 13.8 Å². The third kappa shape index (κ3) is 5.69. The lowest BCUT2D eigenvalue weighted by Crippen LogP contribution is -2.42. The Bertz CT molecular complexity index is 1100. The molecule has 0 aliphatic rings. The first-order valence-corrected chi connectivity index (χ1v) is 11.6. The molecule has 0 unspecified atom stereocenters. The van der Waals surface area contributed by atoms with E-state index in [4.69, 9.17) is 5.10 Å². The lowest BCUT2D eigenvalue weighted by Gasteiger charge is -2.26. The van der Waals surface area contributed by atoms with Crippen LogP contribution < -0.4 is 5.32 Å². The Morgan fingerprint density at radius 3 is 2.33 bits per heavy atom. The number of nitrogens with zero attached hydrogens (tertiary/aromatic N) is 3. The van der Waals surface area contributed by atoms with Crippen molar-refractivity contribution in [1.82, 2.24) is 14.7 Å². The second kappa shape index (κ2) is 10.9. The van der Waals surface area contributed by atoms with E-state index in [0.29, 0.717) is 12.2 Å². The largest absolute Gasteiger partial charge is 0.331 e. The predicted octanol–water partition coefficient (Wildman–Crippen LogP) is 5.52. The number of anilines is 1. The number of aromatic nitrogens is 2. The highest BCUT2D eigenvalue weighted by Gasteiger charge is 2.24. The molecular weight excluding hydrogens is 412 g/mol. The molecule has 2 aromatic carbocycles. The van der Waals surface area contributed by atoms with Crippen LogP contribution >= 0.6 is 0 Å². The maximum Gasteiger partial charge on any atom is 0.245 e. The van der Waals surface area contributed by atoms with Gasteiger partial charge in [-0.3, -0.25) is 9.59 Å². The van der Waals surface area contributed by atoms with Gasteiger partial charge in [0, 0.05) is 18.0 Å². The molecule has 0 saturated heterocycles. The highest BCUT2D eigenvalue weighted by Crippen LogP contribution is 2.34. The molecule has 0 bridgehead atoms. The van der Waals surface area contributed by atoms with Gasteiger partial charge in [0.25, 0.3) is 0 Å². The van der Waals surface area contributed by atoms with E-state index in [2.05, 4.69) is 12.2 Å². The minimum absolute atomic E-state index is 0.00639. The molecule has 0 saturated carbocycles. The summed E-state index contributed by atoms with van der Waals surface area (Å²) in [5, 5.41) is 7.87. The summed E-state index contributed by atoms with van der Waals surface area (Å²) in [5.74, 6) is 0.386. The van der Waals surface area contributed by atoms with Crippen LogP contribution in [-0.2, 0) is 9.59 Å². The number of amides is 2. The molecule has 1 heterocycles. The van der Waals surface area contributed by atoms with Crippen molar-refractivity contribution >= 4 is 17.6 Å². The second-order valence-electron chi connectivity index (χ2n) is 8.64. The molecule has 0 aliphatic carbocycles. The average molecular weight is 447 g/mol. The highest BCUT2D eigenvalue weighted by molar-refractivity contribution is 5.98. The minimum atomic E-state index is -0.236. The predicted molar refractivity (Wildman–Crippen MR) is 133 cm³/mol. The van der Waals surface area contributed by atoms with Gasteiger partial charge in [-0.05, 0) is 51.3 Å². The number of unbranched alkanes of at least 4 members (excludes halogenated alkanes) is 1. The lowest BCUT2D eigenvalue weighted by atomic mass is 10.1. The zero-order valence-electron chi connectivity index (χ0n) is 20.3. The molecule has 1 N–H and O–H groups in total. The van der Waals surface area contributed by atoms with Gasteiger partial charge < -0.3 is 10.2 Å². The molecule has 0 radical (unpaired) electrons. The fourth-order valence-electron chi connectivity index (χ4n) is 3.93. The maximum absolute atomic E-state index is 13.2. The van der Waals surface area contributed by atoms with E-state index in [0.717, 1.165) is 40.9 Å². The molecule has 3 aromatic rings. The van der Waals surface area contributed by atoms with Gasteiger partial charge in [0.05, 0.1) is 11.4 Å². The van der Waals surface area contributed by atoms with Crippen LogP contribution in [0.25, 0.3) is 16.8 Å². The van der Waals surface area contributed by atoms with Crippen molar-refractivity contribution in [1.29, 1.82) is 0 Å². The number of nitrogens with one attached hydrogen (secondary N) is 1. The Morgan fingerprint density at radius 2 is 1.70 bits per heavy atom. The van der Waals surface area contributed by atoms with E-state index in [9.17, 15) is 9.59 Å². The number of carbonyl (C=O) groups is 2. The van der Waals surface area contributed by atoms with E-state index in [1.807, 2.05) is 82.3 Å². The fourth-order valence-corrected chi connectivity index (χ4v) is 3.93. The van der Waals surface area contributed by atoms with Crippen LogP contribution in [-0.4, -0.2) is 39.1 Å². The van der Waals surface area contributed by atoms with Gasteiger partial charge in [0.15, 0.2) is 0 Å². The smallest absolute Gasteiger partial charge is 0.245 e. The maximum atomic E-state index is 13.2. The number of hydrogen-bond acceptors (Lipinski definition) is 3. The Labute approximate surface area is 196 Å². The van der Waals surface area contributed by atoms with Crippen LogP contribution in [0.15, 0.2) is 54.6 Å². The average Bonchev–Trinajstić information content (AvgIpc) is 3.11. The first-order valence-electron chi connectivity index (χ1n) is 11.6. The Balaban J connectivity index is 1.99. The van der Waals surface area contributed by atoms with Gasteiger partial charge >= 0.3 is 0 Å². The number of para-hydroxylation sites is 1. The summed E-state index contributed by atoms with van der Waals surface area (Å²) in [6.07, 6.45) is 2.22. The van der Waals surface area contributed by atoms with E-state index < -0.39 is 0 Å². The van der Waals surface area contributed by atoms with Crippen LogP contribution in [0.5, 0.6) is 0 Å². The van der Waals surface area contributed by atoms with E-state index in [-0.39, 0.29) is 24.4 Å². The Morgan fingerprint density at radius 1 is 1.03 bits per heavy atom. The van der Waals surface area contributed by atoms with E-state index in [1.165, 1.54) is 0 Å². The van der Waals surface area contributed by atoms with Crippen LogP contribution in [0.2, 0.25) is 0 Å². The van der Waals surface area contributed by atoms with Crippen molar-refractivity contribution in [3.63, 3.8) is 0 Å². The summed E-state index contributed by atoms with van der Waals surface area (Å²) < 4.78 is 1.80. The zero-order valence-corrected chi connectivity index (χ0v) is 20.3. The summed E-state index contributed by atoms with van der Waals surface area (Å²) in [4.78, 5) is 27.6. The molecule has 0 aliphatic heterocycles. The molecule has 1 aromatic heterocycles. The monoisotopic (exact) mass is 446 g/mol. The molecule has 33 heavy (non-hydrogen) atoms. The van der Waals surface area contributed by atoms with Crippen molar-refractivity contribution in [3.05, 3.63) is 65.9 Å². The third-order valence-corrected chi connectivity index (χ3v) is 5.73. The first-order chi connectivity index (χ1) is 15.8. The van der Waals surface area contributed by atoms with Crippen LogP contribution in [0.1, 0.15) is 51.3 Å². The summed E-state index contributed by atoms with van der Waals surface area (Å²) in [7, 11) is 0. The highest BCUT2D eigenvalue weighted by atomic mass is 16.2. The molecule has 3 rings (SSSR count). The molecule has 6 nitrogen and oxygen atoms in total. The number of benzene rings is 2. The van der Waals surface area contributed by atoms with Gasteiger partial charge in [-0.1, -0.05) is 61.9 Å². The first kappa shape index (κ1) is 24.2. The van der Waals surface area contributed by atoms with Gasteiger partial charge in [-0.2, -0.15) is 5.10 Å². The molecule has 0 spiro atoms. The Kier molecular flexibility index (Phi) is 8.04. The molecular formula is C27H34N4O2. The minimum Gasteiger partial charge on any atom is -0.331 e. The Hall–Kier alpha value is -3.41. The fraction of sp³-hybridized carbons (Fsp3) is 0.370. The van der Waals surface area contributed by atoms with Crippen molar-refractivity contribution in [3.8, 4) is 16.8 Å². The third-order valence-electron chi connectivity index (χ3n) is 5.73. The number of carbonyl (C=O) groups excluding carboxylic acids is 2. The van der Waals surface area contributed by atoms with Gasteiger partial charge in [0.2, 0.25) is 11.8 Å². The van der Waals surface area contributed by atoms with Gasteiger partial charge in [0.1, 0.15) is 12.4 Å². The summed E-state index contributed by atoms with van der Waals surface area (Å²) in [6, 6.07) is 17.8. The van der Waals surface area contributed by atoms with Gasteiger partial charge in [-0.15, -0.1) is 0 Å². The quantitative estimate of drug-likeness (QED) is 0.470. The molecule has 2 amide bonds. The standard InChI is InChI=1S/C27H34N4O2/c1-6-7-17-25(33)30(19(2)3)18-24(32)28-27-26(22-14-9-8-10-15-22)21(5)29-31(27)23-16-12-11-13-20(23)4/h8-16,19H,6-7,17-18H2,1-5H3,(H,28,32). The number of rotatable bonds is 9. The van der Waals surface area contributed by atoms with Crippen molar-refractivity contribution in [2.75, 3.05) is 11.9 Å². The SMILES string of the molecule is CCCCC(=O)N(CC(=O)Nc1c(-c2ccccc2)c(C)nn1-c1ccccc1C)C(C)C. The molecule has 174 valence electrons. The van der Waals surface area contributed by atoms with E-state index in [1.54, 1.807) is 9.58 Å². The second-order valence-corrected chi connectivity index (χ2v) is 8.64.